The van der Waals surface area contributed by atoms with Crippen LogP contribution in [0.4, 0.5) is 0 Å². The highest BCUT2D eigenvalue weighted by molar-refractivity contribution is 6.53. The van der Waals surface area contributed by atoms with E-state index in [1.165, 1.54) is 11.2 Å². The molecule has 0 N–H and O–H groups in total. The van der Waals surface area contributed by atoms with E-state index in [1.807, 2.05) is 0 Å². The first-order valence-corrected chi connectivity index (χ1v) is 5.85. The van der Waals surface area contributed by atoms with Crippen LogP contribution in [0.2, 0.25) is 0 Å². The molecule has 0 radical (unpaired) electrons. The van der Waals surface area contributed by atoms with Gasteiger partial charge in [-0.2, -0.15) is 0 Å². The average Bonchev–Trinajstić information content (AvgIpc) is 2.83. The van der Waals surface area contributed by atoms with Crippen molar-refractivity contribution in [3.8, 4) is 0 Å². The van der Waals surface area contributed by atoms with Crippen molar-refractivity contribution in [3.63, 3.8) is 0 Å². The summed E-state index contributed by atoms with van der Waals surface area (Å²) in [5.41, 5.74) is -0.832. The number of alkyl halides is 2. The number of furan rings is 1. The van der Waals surface area contributed by atoms with Crippen molar-refractivity contribution in [2.24, 2.45) is 0 Å². The van der Waals surface area contributed by atoms with Gasteiger partial charge in [0, 0.05) is 0 Å². The van der Waals surface area contributed by atoms with Gasteiger partial charge in [0.05, 0.1) is 12.5 Å². The van der Waals surface area contributed by atoms with Crippen molar-refractivity contribution in [2.45, 2.75) is 24.4 Å². The van der Waals surface area contributed by atoms with E-state index in [-0.39, 0.29) is 0 Å². The molecule has 0 saturated carbocycles. The zero-order chi connectivity index (χ0) is 12.6. The smallest absolute Gasteiger partial charge is 0.263 e. The normalized spacial score (nSPS) is 18.2. The van der Waals surface area contributed by atoms with Crippen LogP contribution in [0.1, 0.15) is 19.6 Å². The molecule has 0 atom stereocenters. The molecule has 1 aromatic rings. The first kappa shape index (κ1) is 12.3. The van der Waals surface area contributed by atoms with E-state index < -0.39 is 16.5 Å². The second-order valence-corrected chi connectivity index (χ2v) is 5.12. The Hall–Kier alpha value is -1.13. The molecule has 2 heterocycles. The molecule has 2 rings (SSSR count). The van der Waals surface area contributed by atoms with Crippen LogP contribution in [0, 0.1) is 0 Å². The topological polar surface area (TPSA) is 42.7 Å². The number of rotatable bonds is 2. The molecule has 0 aliphatic carbocycles. The third-order valence-corrected chi connectivity index (χ3v) is 2.75. The van der Waals surface area contributed by atoms with E-state index >= 15 is 0 Å². The predicted molar refractivity (Wildman–Crippen MR) is 64.2 cm³/mol. The maximum absolute atomic E-state index is 11.8. The lowest BCUT2D eigenvalue weighted by molar-refractivity contribution is -0.139. The van der Waals surface area contributed by atoms with Crippen molar-refractivity contribution >= 4 is 34.9 Å². The van der Waals surface area contributed by atoms with Crippen LogP contribution in [-0.4, -0.2) is 21.4 Å². The Morgan fingerprint density at radius 2 is 2.18 bits per heavy atom. The van der Waals surface area contributed by atoms with E-state index in [4.69, 9.17) is 32.4 Å². The quantitative estimate of drug-likeness (QED) is 0.780. The first-order chi connectivity index (χ1) is 7.92. The molecule has 0 aromatic carbocycles. The zero-order valence-corrected chi connectivity index (χ0v) is 10.8. The van der Waals surface area contributed by atoms with Gasteiger partial charge in [-0.05, 0) is 26.0 Å². The van der Waals surface area contributed by atoms with Gasteiger partial charge in [-0.15, -0.1) is 0 Å². The van der Waals surface area contributed by atoms with Crippen molar-refractivity contribution < 1.29 is 13.9 Å². The third kappa shape index (κ3) is 2.28. The number of carbonyl (C=O) groups is 1. The van der Waals surface area contributed by atoms with E-state index in [1.54, 1.807) is 32.2 Å². The minimum atomic E-state index is -1.12. The van der Waals surface area contributed by atoms with Gasteiger partial charge < -0.3 is 9.15 Å². The summed E-state index contributed by atoms with van der Waals surface area (Å²) in [6.45, 7) is 3.49. The molecule has 1 aliphatic rings. The maximum Gasteiger partial charge on any atom is 0.263 e. The monoisotopic (exact) mass is 275 g/mol. The van der Waals surface area contributed by atoms with Crippen molar-refractivity contribution in [1.29, 1.82) is 0 Å². The van der Waals surface area contributed by atoms with Crippen molar-refractivity contribution in [3.05, 3.63) is 30.4 Å². The number of halogens is 2. The third-order valence-electron chi connectivity index (χ3n) is 2.37. The number of hydrogen-bond donors (Lipinski definition) is 0. The van der Waals surface area contributed by atoms with Gasteiger partial charge in [-0.1, -0.05) is 23.2 Å². The van der Waals surface area contributed by atoms with Gasteiger partial charge in [0.2, 0.25) is 0 Å². The molecule has 0 saturated heterocycles. The van der Waals surface area contributed by atoms with Crippen LogP contribution in [0.25, 0.3) is 5.76 Å². The largest absolute Gasteiger partial charge is 0.463 e. The molecule has 1 aromatic heterocycles. The highest BCUT2D eigenvalue weighted by atomic mass is 35.5. The molecule has 0 unspecified atom stereocenters. The number of amides is 1. The Labute approximate surface area is 109 Å². The Bertz CT molecular complexity index is 451. The van der Waals surface area contributed by atoms with Crippen molar-refractivity contribution in [2.75, 3.05) is 0 Å². The van der Waals surface area contributed by atoms with Gasteiger partial charge in [0.25, 0.3) is 5.91 Å². The minimum Gasteiger partial charge on any atom is -0.463 e. The lowest BCUT2D eigenvalue weighted by atomic mass is 10.3. The zero-order valence-electron chi connectivity index (χ0n) is 9.31. The number of nitrogens with zero attached hydrogens (tertiary/aromatic N) is 1. The molecule has 1 amide bonds. The van der Waals surface area contributed by atoms with Gasteiger partial charge in [0.1, 0.15) is 0 Å². The fraction of sp³-hybridized carbons (Fsp3) is 0.364. The summed E-state index contributed by atoms with van der Waals surface area (Å²) in [5.74, 6) is 0.594. The summed E-state index contributed by atoms with van der Waals surface area (Å²) in [7, 11) is 0. The van der Waals surface area contributed by atoms with E-state index in [0.717, 1.165) is 0 Å². The molecular weight excluding hydrogens is 265 g/mol. The molecule has 1 aliphatic heterocycles. The van der Waals surface area contributed by atoms with E-state index in [9.17, 15) is 4.79 Å². The van der Waals surface area contributed by atoms with Crippen LogP contribution in [0.3, 0.4) is 0 Å². The number of hydrogen-bond acceptors (Lipinski definition) is 3. The lowest BCUT2D eigenvalue weighted by Crippen LogP contribution is -2.44. The number of ether oxygens (including phenoxy) is 1. The molecule has 92 valence electrons. The Morgan fingerprint density at radius 3 is 2.71 bits per heavy atom. The van der Waals surface area contributed by atoms with Crippen LogP contribution < -0.4 is 0 Å². The van der Waals surface area contributed by atoms with Gasteiger partial charge in [0.15, 0.2) is 22.1 Å². The molecule has 0 fully saturated rings. The van der Waals surface area contributed by atoms with Crippen LogP contribution in [-0.2, 0) is 9.53 Å². The maximum atomic E-state index is 11.8. The lowest BCUT2D eigenvalue weighted by Gasteiger charge is -2.29. The fourth-order valence-electron chi connectivity index (χ4n) is 1.58. The summed E-state index contributed by atoms with van der Waals surface area (Å²) in [6, 6.07) is 3.48. The molecule has 4 nitrogen and oxygen atoms in total. The summed E-state index contributed by atoms with van der Waals surface area (Å²) in [5, 5.41) is 0. The SMILES string of the molecule is CC1(C)OC(c2ccco2)=CN1C(=O)C(Cl)Cl. The van der Waals surface area contributed by atoms with Crippen LogP contribution >= 0.6 is 23.2 Å². The number of carbonyl (C=O) groups excluding carboxylic acids is 1. The average molecular weight is 276 g/mol. The summed E-state index contributed by atoms with van der Waals surface area (Å²) in [6.07, 6.45) is 3.07. The van der Waals surface area contributed by atoms with Crippen molar-refractivity contribution in [1.82, 2.24) is 4.90 Å². The van der Waals surface area contributed by atoms with Gasteiger partial charge >= 0.3 is 0 Å². The van der Waals surface area contributed by atoms with Crippen LogP contribution in [0.5, 0.6) is 0 Å². The standard InChI is InChI=1S/C11H11Cl2NO3/c1-11(2)14(10(15)9(12)13)6-8(17-11)7-4-3-5-16-7/h3-6,9H,1-2H3. The summed E-state index contributed by atoms with van der Waals surface area (Å²) < 4.78 is 10.8. The highest BCUT2D eigenvalue weighted by Crippen LogP contribution is 2.35. The second-order valence-electron chi connectivity index (χ2n) is 4.03. The highest BCUT2D eigenvalue weighted by Gasteiger charge is 2.40. The van der Waals surface area contributed by atoms with Gasteiger partial charge in [-0.25, -0.2) is 0 Å². The van der Waals surface area contributed by atoms with Gasteiger partial charge in [-0.3, -0.25) is 9.69 Å². The van der Waals surface area contributed by atoms with Crippen LogP contribution in [0.15, 0.2) is 29.0 Å². The minimum absolute atomic E-state index is 0.431. The van der Waals surface area contributed by atoms with E-state index in [0.29, 0.717) is 11.5 Å². The predicted octanol–water partition coefficient (Wildman–Crippen LogP) is 2.98. The Morgan fingerprint density at radius 1 is 1.47 bits per heavy atom. The van der Waals surface area contributed by atoms with E-state index in [2.05, 4.69) is 0 Å². The molecule has 0 spiro atoms. The summed E-state index contributed by atoms with van der Waals surface area (Å²) in [4.78, 5) is 12.0. The summed E-state index contributed by atoms with van der Waals surface area (Å²) >= 11 is 11.1. The molecular formula is C11H11Cl2NO3. The Kier molecular flexibility index (Phi) is 3.10. The second kappa shape index (κ2) is 4.27. The Balaban J connectivity index is 2.30. The fourth-order valence-corrected chi connectivity index (χ4v) is 1.79. The first-order valence-electron chi connectivity index (χ1n) is 4.98. The molecule has 17 heavy (non-hydrogen) atoms. The molecule has 0 bridgehead atoms. The molecule has 6 heteroatoms.